The second-order valence-electron chi connectivity index (χ2n) is 6.28. The fraction of sp³-hybridized carbons (Fsp3) is 0.300. The molecule has 1 unspecified atom stereocenters. The van der Waals surface area contributed by atoms with Crippen molar-refractivity contribution in [3.8, 4) is 5.75 Å². The summed E-state index contributed by atoms with van der Waals surface area (Å²) < 4.78 is 5.22. The monoisotopic (exact) mass is 352 g/mol. The Bertz CT molecular complexity index is 771. The Morgan fingerprint density at radius 1 is 1.19 bits per heavy atom. The topological polar surface area (TPSA) is 74.8 Å². The van der Waals surface area contributed by atoms with Crippen LogP contribution < -0.4 is 20.7 Å². The molecule has 0 aliphatic carbocycles. The summed E-state index contributed by atoms with van der Waals surface area (Å²) in [5.74, 6) is 0.807. The number of aliphatic imine (C=N–C) groups is 1. The Balaban J connectivity index is 1.57. The van der Waals surface area contributed by atoms with E-state index in [0.717, 1.165) is 22.6 Å². The van der Waals surface area contributed by atoms with E-state index in [-0.39, 0.29) is 6.03 Å². The molecule has 0 radical (unpaired) electrons. The van der Waals surface area contributed by atoms with Crippen LogP contribution in [0.1, 0.15) is 17.5 Å². The van der Waals surface area contributed by atoms with Crippen molar-refractivity contribution in [1.82, 2.24) is 10.6 Å². The number of amides is 2. The smallest absolute Gasteiger partial charge is 0.319 e. The predicted molar refractivity (Wildman–Crippen MR) is 104 cm³/mol. The summed E-state index contributed by atoms with van der Waals surface area (Å²) in [5, 5.41) is 9.16. The molecule has 26 heavy (non-hydrogen) atoms. The van der Waals surface area contributed by atoms with Gasteiger partial charge in [-0.15, -0.1) is 0 Å². The van der Waals surface area contributed by atoms with Gasteiger partial charge in [0, 0.05) is 31.4 Å². The molecule has 6 nitrogen and oxygen atoms in total. The number of urea groups is 1. The van der Waals surface area contributed by atoms with E-state index in [0.29, 0.717) is 19.5 Å². The van der Waals surface area contributed by atoms with Gasteiger partial charge in [0.15, 0.2) is 0 Å². The van der Waals surface area contributed by atoms with Crippen LogP contribution >= 0.6 is 0 Å². The van der Waals surface area contributed by atoms with Crippen LogP contribution in [0.2, 0.25) is 0 Å². The van der Waals surface area contributed by atoms with E-state index < -0.39 is 5.66 Å². The van der Waals surface area contributed by atoms with Crippen molar-refractivity contribution in [3.05, 3.63) is 59.7 Å². The largest absolute Gasteiger partial charge is 0.497 e. The predicted octanol–water partition coefficient (Wildman–Crippen LogP) is 3.04. The van der Waals surface area contributed by atoms with Gasteiger partial charge in [-0.25, -0.2) is 4.79 Å². The third-order valence-electron chi connectivity index (χ3n) is 4.45. The molecule has 0 bridgehead atoms. The van der Waals surface area contributed by atoms with Gasteiger partial charge < -0.3 is 15.4 Å². The zero-order valence-electron chi connectivity index (χ0n) is 15.1. The van der Waals surface area contributed by atoms with Crippen LogP contribution in [0.5, 0.6) is 5.75 Å². The summed E-state index contributed by atoms with van der Waals surface area (Å²) in [6, 6.07) is 15.3. The molecule has 2 aromatic carbocycles. The Kier molecular flexibility index (Phi) is 5.53. The van der Waals surface area contributed by atoms with E-state index in [2.05, 4.69) is 20.9 Å². The molecule has 3 rings (SSSR count). The molecule has 0 aromatic heterocycles. The van der Waals surface area contributed by atoms with E-state index in [4.69, 9.17) is 4.74 Å². The van der Waals surface area contributed by atoms with Crippen LogP contribution in [-0.4, -0.2) is 32.4 Å². The number of anilines is 1. The molecule has 1 heterocycles. The Hall–Kier alpha value is -2.86. The quantitative estimate of drug-likeness (QED) is 0.748. The molecule has 2 amide bonds. The first-order valence-electron chi connectivity index (χ1n) is 8.66. The van der Waals surface area contributed by atoms with Crippen LogP contribution in [0.25, 0.3) is 0 Å². The van der Waals surface area contributed by atoms with Crippen LogP contribution in [-0.2, 0) is 5.66 Å². The van der Waals surface area contributed by atoms with Crippen molar-refractivity contribution in [2.24, 2.45) is 4.99 Å². The summed E-state index contributed by atoms with van der Waals surface area (Å²) in [4.78, 5) is 16.7. The minimum Gasteiger partial charge on any atom is -0.497 e. The van der Waals surface area contributed by atoms with Crippen molar-refractivity contribution in [2.45, 2.75) is 19.0 Å². The molecule has 1 atom stereocenters. The second-order valence-corrected chi connectivity index (χ2v) is 6.28. The van der Waals surface area contributed by atoms with Gasteiger partial charge in [0.25, 0.3) is 0 Å². The average molecular weight is 352 g/mol. The fourth-order valence-corrected chi connectivity index (χ4v) is 2.97. The van der Waals surface area contributed by atoms with Crippen LogP contribution in [0, 0.1) is 6.92 Å². The van der Waals surface area contributed by atoms with E-state index in [9.17, 15) is 4.79 Å². The van der Waals surface area contributed by atoms with Crippen molar-refractivity contribution < 1.29 is 9.53 Å². The lowest BCUT2D eigenvalue weighted by atomic mass is 9.96. The van der Waals surface area contributed by atoms with Gasteiger partial charge in [-0.2, -0.15) is 0 Å². The molecule has 0 saturated carbocycles. The normalized spacial score (nSPS) is 18.5. The Morgan fingerprint density at radius 3 is 2.54 bits per heavy atom. The zero-order valence-corrected chi connectivity index (χ0v) is 15.1. The van der Waals surface area contributed by atoms with Gasteiger partial charge in [0.2, 0.25) is 0 Å². The zero-order chi connectivity index (χ0) is 18.4. The summed E-state index contributed by atoms with van der Waals surface area (Å²) in [6.07, 6.45) is 2.52. The maximum absolute atomic E-state index is 12.1. The van der Waals surface area contributed by atoms with E-state index >= 15 is 0 Å². The summed E-state index contributed by atoms with van der Waals surface area (Å²) >= 11 is 0. The van der Waals surface area contributed by atoms with Crippen molar-refractivity contribution in [1.29, 1.82) is 0 Å². The summed E-state index contributed by atoms with van der Waals surface area (Å²) in [5.41, 5.74) is 2.47. The molecular weight excluding hydrogens is 328 g/mol. The lowest BCUT2D eigenvalue weighted by Crippen LogP contribution is -2.41. The van der Waals surface area contributed by atoms with Crippen LogP contribution in [0.15, 0.2) is 53.5 Å². The SMILES string of the molecule is COc1ccc(C2(CCNC(=O)Nc3ccc(C)cc3)N=CCN2)cc1. The van der Waals surface area contributed by atoms with Crippen molar-refractivity contribution in [2.75, 3.05) is 25.5 Å². The van der Waals surface area contributed by atoms with Gasteiger partial charge in [-0.1, -0.05) is 29.8 Å². The number of hydrogen-bond acceptors (Lipinski definition) is 4. The van der Waals surface area contributed by atoms with E-state index in [1.165, 1.54) is 0 Å². The Morgan fingerprint density at radius 2 is 1.92 bits per heavy atom. The van der Waals surface area contributed by atoms with Crippen molar-refractivity contribution in [3.63, 3.8) is 0 Å². The maximum atomic E-state index is 12.1. The number of rotatable bonds is 6. The summed E-state index contributed by atoms with van der Waals surface area (Å²) in [7, 11) is 1.65. The molecule has 1 aliphatic rings. The minimum absolute atomic E-state index is 0.222. The lowest BCUT2D eigenvalue weighted by Gasteiger charge is -2.28. The lowest BCUT2D eigenvalue weighted by molar-refractivity contribution is 0.250. The molecule has 136 valence electrons. The summed E-state index contributed by atoms with van der Waals surface area (Å²) in [6.45, 7) is 3.22. The molecule has 0 saturated heterocycles. The first-order valence-corrected chi connectivity index (χ1v) is 8.66. The highest BCUT2D eigenvalue weighted by Gasteiger charge is 2.32. The third kappa shape index (κ3) is 4.21. The third-order valence-corrected chi connectivity index (χ3v) is 4.45. The number of aryl methyl sites for hydroxylation is 1. The molecule has 3 N–H and O–H groups in total. The first kappa shape index (κ1) is 17.9. The molecular formula is C20H24N4O2. The number of ether oxygens (including phenoxy) is 1. The highest BCUT2D eigenvalue weighted by molar-refractivity contribution is 5.89. The number of nitrogens with zero attached hydrogens (tertiary/aromatic N) is 1. The maximum Gasteiger partial charge on any atom is 0.319 e. The van der Waals surface area contributed by atoms with Crippen LogP contribution in [0.3, 0.4) is 0 Å². The highest BCUT2D eigenvalue weighted by atomic mass is 16.5. The number of carbonyl (C=O) groups excluding carboxylic acids is 1. The van der Waals surface area contributed by atoms with Gasteiger partial charge in [0.05, 0.1) is 7.11 Å². The Labute approximate surface area is 153 Å². The number of benzene rings is 2. The number of hydrogen-bond donors (Lipinski definition) is 3. The van der Waals surface area contributed by atoms with Crippen molar-refractivity contribution >= 4 is 17.9 Å². The van der Waals surface area contributed by atoms with E-state index in [1.807, 2.05) is 61.7 Å². The van der Waals surface area contributed by atoms with Gasteiger partial charge in [-0.05, 0) is 36.8 Å². The van der Waals surface area contributed by atoms with Gasteiger partial charge in [-0.3, -0.25) is 10.3 Å². The average Bonchev–Trinajstić information content (AvgIpc) is 3.14. The minimum atomic E-state index is -0.511. The van der Waals surface area contributed by atoms with Crippen LogP contribution in [0.4, 0.5) is 10.5 Å². The molecule has 6 heteroatoms. The number of methoxy groups -OCH3 is 1. The highest BCUT2D eigenvalue weighted by Crippen LogP contribution is 2.29. The van der Waals surface area contributed by atoms with Gasteiger partial charge in [0.1, 0.15) is 11.4 Å². The second kappa shape index (κ2) is 8.01. The standard InChI is InChI=1S/C20H24N4O2/c1-15-3-7-17(8-4-15)24-19(25)21-12-11-20(22-13-14-23-20)16-5-9-18(26-2)10-6-16/h3-10,13,23H,11-12,14H2,1-2H3,(H2,21,24,25). The molecule has 2 aromatic rings. The number of carbonyl (C=O) groups is 1. The number of nitrogens with one attached hydrogen (secondary N) is 3. The molecule has 1 aliphatic heterocycles. The van der Waals surface area contributed by atoms with E-state index in [1.54, 1.807) is 7.11 Å². The molecule has 0 fully saturated rings. The molecule has 0 spiro atoms. The van der Waals surface area contributed by atoms with Gasteiger partial charge >= 0.3 is 6.03 Å². The fourth-order valence-electron chi connectivity index (χ4n) is 2.97. The first-order chi connectivity index (χ1) is 12.6.